The highest BCUT2D eigenvalue weighted by atomic mass is 16.6. The van der Waals surface area contributed by atoms with E-state index in [2.05, 4.69) is 16.0 Å². The van der Waals surface area contributed by atoms with Gasteiger partial charge in [-0.2, -0.15) is 0 Å². The molecule has 0 aromatic carbocycles. The summed E-state index contributed by atoms with van der Waals surface area (Å²) < 4.78 is 5.28. The predicted molar refractivity (Wildman–Crippen MR) is 123 cm³/mol. The van der Waals surface area contributed by atoms with E-state index in [0.717, 1.165) is 0 Å². The summed E-state index contributed by atoms with van der Waals surface area (Å²) in [6, 6.07) is -3.17. The average molecular weight is 458 g/mol. The van der Waals surface area contributed by atoms with Crippen LogP contribution < -0.4 is 16.0 Å². The fourth-order valence-electron chi connectivity index (χ4n) is 2.88. The molecule has 0 rings (SSSR count). The molecule has 3 amide bonds. The van der Waals surface area contributed by atoms with Crippen LogP contribution in [-0.2, 0) is 19.1 Å². The molecule has 0 aliphatic carbocycles. The molecule has 3 atom stereocenters. The highest BCUT2D eigenvalue weighted by molar-refractivity contribution is 5.93. The number of aliphatic carboxylic acids is 1. The zero-order chi connectivity index (χ0) is 25.9. The van der Waals surface area contributed by atoms with Gasteiger partial charge in [-0.25, -0.2) is 9.59 Å². The largest absolute Gasteiger partial charge is 0.480 e. The number of nitrogens with one attached hydrogen (secondary N) is 3. The van der Waals surface area contributed by atoms with Crippen LogP contribution >= 0.6 is 0 Å². The van der Waals surface area contributed by atoms with Crippen molar-refractivity contribution < 1.29 is 29.0 Å². The zero-order valence-electron chi connectivity index (χ0n) is 21.7. The minimum atomic E-state index is -1.16. The number of hydrogen-bond donors (Lipinski definition) is 4. The third-order valence-electron chi connectivity index (χ3n) is 4.60. The maximum Gasteiger partial charge on any atom is 0.408 e. The number of rotatable bonds is 6. The van der Waals surface area contributed by atoms with Crippen molar-refractivity contribution in [1.82, 2.24) is 16.0 Å². The van der Waals surface area contributed by atoms with Crippen LogP contribution in [0, 0.1) is 16.2 Å². The van der Waals surface area contributed by atoms with Crippen LogP contribution in [-0.4, -0.2) is 52.7 Å². The van der Waals surface area contributed by atoms with Crippen molar-refractivity contribution in [2.24, 2.45) is 16.2 Å². The van der Waals surface area contributed by atoms with Crippen LogP contribution in [0.25, 0.3) is 0 Å². The van der Waals surface area contributed by atoms with Gasteiger partial charge in [0.1, 0.15) is 23.7 Å². The molecule has 0 aromatic heterocycles. The number of carbonyl (C=O) groups is 4. The van der Waals surface area contributed by atoms with Crippen molar-refractivity contribution in [3.63, 3.8) is 0 Å². The third-order valence-corrected chi connectivity index (χ3v) is 4.60. The molecule has 0 aromatic rings. The Balaban J connectivity index is 5.80. The minimum Gasteiger partial charge on any atom is -0.480 e. The summed E-state index contributed by atoms with van der Waals surface area (Å²) in [5.41, 5.74) is -2.89. The molecule has 0 heterocycles. The molecular weight excluding hydrogens is 414 g/mol. The fraction of sp³-hybridized carbons (Fsp3) is 0.826. The van der Waals surface area contributed by atoms with Gasteiger partial charge in [0.15, 0.2) is 0 Å². The van der Waals surface area contributed by atoms with Gasteiger partial charge in [-0.3, -0.25) is 9.59 Å². The number of carboxylic acids is 1. The van der Waals surface area contributed by atoms with E-state index in [9.17, 15) is 24.3 Å². The van der Waals surface area contributed by atoms with Gasteiger partial charge >= 0.3 is 12.1 Å². The summed E-state index contributed by atoms with van der Waals surface area (Å²) in [5, 5.41) is 17.4. The Kier molecular flexibility index (Phi) is 9.35. The molecule has 9 heteroatoms. The van der Waals surface area contributed by atoms with Crippen LogP contribution in [0.15, 0.2) is 0 Å². The maximum atomic E-state index is 13.2. The lowest BCUT2D eigenvalue weighted by Crippen LogP contribution is -2.63. The molecule has 0 aliphatic rings. The van der Waals surface area contributed by atoms with E-state index in [1.807, 2.05) is 0 Å². The van der Waals surface area contributed by atoms with Crippen LogP contribution in [0.1, 0.15) is 83.1 Å². The molecule has 186 valence electrons. The van der Waals surface area contributed by atoms with Crippen molar-refractivity contribution in [2.45, 2.75) is 107 Å². The Morgan fingerprint density at radius 2 is 0.906 bits per heavy atom. The van der Waals surface area contributed by atoms with Crippen molar-refractivity contribution >= 4 is 23.9 Å². The molecule has 0 bridgehead atoms. The zero-order valence-corrected chi connectivity index (χ0v) is 21.7. The second kappa shape index (κ2) is 10.1. The Labute approximate surface area is 192 Å². The van der Waals surface area contributed by atoms with Crippen LogP contribution in [0.3, 0.4) is 0 Å². The monoisotopic (exact) mass is 457 g/mol. The fourth-order valence-corrected chi connectivity index (χ4v) is 2.88. The van der Waals surface area contributed by atoms with Gasteiger partial charge in [-0.1, -0.05) is 62.3 Å². The highest BCUT2D eigenvalue weighted by Gasteiger charge is 2.41. The van der Waals surface area contributed by atoms with Crippen molar-refractivity contribution in [1.29, 1.82) is 0 Å². The second-order valence-electron chi connectivity index (χ2n) is 12.4. The number of carbonyl (C=O) groups excluding carboxylic acids is 3. The lowest BCUT2D eigenvalue weighted by atomic mass is 9.82. The Morgan fingerprint density at radius 1 is 0.594 bits per heavy atom. The van der Waals surface area contributed by atoms with E-state index >= 15 is 0 Å². The normalized spacial score (nSPS) is 15.8. The predicted octanol–water partition coefficient (Wildman–Crippen LogP) is 3.07. The summed E-state index contributed by atoms with van der Waals surface area (Å²) in [5.74, 6) is -2.34. The van der Waals surface area contributed by atoms with Crippen LogP contribution in [0.2, 0.25) is 0 Å². The van der Waals surface area contributed by atoms with E-state index in [0.29, 0.717) is 0 Å². The van der Waals surface area contributed by atoms with E-state index in [-0.39, 0.29) is 0 Å². The summed E-state index contributed by atoms with van der Waals surface area (Å²) in [7, 11) is 0. The van der Waals surface area contributed by atoms with E-state index in [1.54, 1.807) is 83.1 Å². The summed E-state index contributed by atoms with van der Waals surface area (Å²) in [6.45, 7) is 20.9. The van der Waals surface area contributed by atoms with E-state index in [4.69, 9.17) is 4.74 Å². The number of alkyl carbamates (subject to hydrolysis) is 1. The number of hydrogen-bond acceptors (Lipinski definition) is 5. The van der Waals surface area contributed by atoms with Crippen molar-refractivity contribution in [3.8, 4) is 0 Å². The molecule has 9 nitrogen and oxygen atoms in total. The molecule has 0 unspecified atom stereocenters. The number of carboxylic acid groups (broad SMARTS) is 1. The first-order chi connectivity index (χ1) is 14.0. The lowest BCUT2D eigenvalue weighted by Gasteiger charge is -2.37. The minimum absolute atomic E-state index is 0.568. The third kappa shape index (κ3) is 9.87. The quantitative estimate of drug-likeness (QED) is 0.484. The van der Waals surface area contributed by atoms with Crippen molar-refractivity contribution in [2.75, 3.05) is 0 Å². The molecule has 32 heavy (non-hydrogen) atoms. The smallest absolute Gasteiger partial charge is 0.408 e. The van der Waals surface area contributed by atoms with Crippen molar-refractivity contribution in [3.05, 3.63) is 0 Å². The van der Waals surface area contributed by atoms with Gasteiger partial charge < -0.3 is 25.8 Å². The molecule has 0 aliphatic heterocycles. The number of ether oxygens (including phenoxy) is 1. The standard InChI is InChI=1S/C23H43N3O6/c1-20(2,3)13(16(27)25-15(18(29)30)22(7,8)9)24-17(28)14(21(4,5)6)26-19(31)32-23(10,11)12/h13-15H,1-12H3,(H,24,28)(H,25,27)(H,26,31)(H,29,30)/t13-,14-,15-/m1/s1. The topological polar surface area (TPSA) is 134 Å². The second-order valence-corrected chi connectivity index (χ2v) is 12.4. The highest BCUT2D eigenvalue weighted by Crippen LogP contribution is 2.25. The first kappa shape index (κ1) is 29.7. The van der Waals surface area contributed by atoms with Gasteiger partial charge in [0.2, 0.25) is 11.8 Å². The molecule has 0 fully saturated rings. The summed E-state index contributed by atoms with van der Waals surface area (Å²) in [4.78, 5) is 50.3. The lowest BCUT2D eigenvalue weighted by molar-refractivity contribution is -0.146. The van der Waals surface area contributed by atoms with Gasteiger partial charge in [0.25, 0.3) is 0 Å². The van der Waals surface area contributed by atoms with Crippen LogP contribution in [0.4, 0.5) is 4.79 Å². The summed E-state index contributed by atoms with van der Waals surface area (Å²) >= 11 is 0. The van der Waals surface area contributed by atoms with E-state index in [1.165, 1.54) is 0 Å². The first-order valence-electron chi connectivity index (χ1n) is 10.8. The number of amides is 3. The van der Waals surface area contributed by atoms with Gasteiger partial charge in [-0.05, 0) is 37.0 Å². The SMILES string of the molecule is CC(C)(C)OC(=O)N[C@H](C(=O)N[C@H](C(=O)N[C@H](C(=O)O)C(C)(C)C)C(C)(C)C)C(C)(C)C. The van der Waals surface area contributed by atoms with Crippen LogP contribution in [0.5, 0.6) is 0 Å². The molecule has 0 saturated carbocycles. The molecule has 0 radical (unpaired) electrons. The first-order valence-corrected chi connectivity index (χ1v) is 10.8. The van der Waals surface area contributed by atoms with Gasteiger partial charge in [0, 0.05) is 0 Å². The molecule has 0 saturated heterocycles. The van der Waals surface area contributed by atoms with E-state index < -0.39 is 63.8 Å². The van der Waals surface area contributed by atoms with Gasteiger partial charge in [-0.15, -0.1) is 0 Å². The Bertz CT molecular complexity index is 705. The summed E-state index contributed by atoms with van der Waals surface area (Å²) in [6.07, 6.45) is -0.747. The average Bonchev–Trinajstić information content (AvgIpc) is 2.49. The van der Waals surface area contributed by atoms with Gasteiger partial charge in [0.05, 0.1) is 0 Å². The Morgan fingerprint density at radius 3 is 1.19 bits per heavy atom. The molecule has 4 N–H and O–H groups in total. The Hall–Kier alpha value is -2.32. The molecular formula is C23H43N3O6. The maximum absolute atomic E-state index is 13.2. The molecule has 0 spiro atoms.